The molecule has 1 aliphatic carbocycles. The van der Waals surface area contributed by atoms with Crippen molar-refractivity contribution in [3.05, 3.63) is 29.3 Å². The molecule has 2 rings (SSSR count). The van der Waals surface area contributed by atoms with Crippen molar-refractivity contribution in [2.24, 2.45) is 0 Å². The maximum Gasteiger partial charge on any atom is 0.261 e. The zero-order chi connectivity index (χ0) is 14.0. The molecule has 0 atom stereocenters. The monoisotopic (exact) mass is 301 g/mol. The molecule has 0 saturated heterocycles. The molecule has 1 N–H and O–H groups in total. The van der Waals surface area contributed by atoms with E-state index in [1.807, 2.05) is 6.92 Å². The van der Waals surface area contributed by atoms with Gasteiger partial charge in [0.15, 0.2) is 0 Å². The molecule has 1 amide bonds. The fourth-order valence-corrected chi connectivity index (χ4v) is 3.26. The minimum absolute atomic E-state index is 0.0259. The lowest BCUT2D eigenvalue weighted by atomic mass is 9.93. The summed E-state index contributed by atoms with van der Waals surface area (Å²) in [6, 6.07) is 4.85. The summed E-state index contributed by atoms with van der Waals surface area (Å²) < 4.78 is 23.0. The average Bonchev–Trinajstić information content (AvgIpc) is 2.31. The lowest BCUT2D eigenvalue weighted by molar-refractivity contribution is 0.0916. The predicted octanol–water partition coefficient (Wildman–Crippen LogP) is 2.46. The third-order valence-electron chi connectivity index (χ3n) is 3.41. The summed E-state index contributed by atoms with van der Waals surface area (Å²) in [5.41, 5.74) is 0.957. The van der Waals surface area contributed by atoms with Gasteiger partial charge in [-0.25, -0.2) is 8.42 Å². The van der Waals surface area contributed by atoms with Gasteiger partial charge in [-0.15, -0.1) is 0 Å². The highest BCUT2D eigenvalue weighted by Crippen LogP contribution is 2.23. The summed E-state index contributed by atoms with van der Waals surface area (Å²) >= 11 is 0. The van der Waals surface area contributed by atoms with Gasteiger partial charge in [-0.3, -0.25) is 4.79 Å². The second-order valence-corrected chi connectivity index (χ2v) is 7.25. The van der Waals surface area contributed by atoms with Crippen LogP contribution in [0, 0.1) is 0 Å². The molecule has 0 radical (unpaired) electrons. The first kappa shape index (κ1) is 14.3. The maximum absolute atomic E-state index is 12.0. The second-order valence-electron chi connectivity index (χ2n) is 4.72. The normalized spacial score (nSPS) is 15.9. The zero-order valence-corrected chi connectivity index (χ0v) is 12.2. The molecule has 0 aromatic heterocycles. The molecule has 4 nitrogen and oxygen atoms in total. The number of carbonyl (C=O) groups is 1. The van der Waals surface area contributed by atoms with E-state index in [1.165, 1.54) is 6.07 Å². The van der Waals surface area contributed by atoms with Crippen molar-refractivity contribution in [1.82, 2.24) is 5.32 Å². The van der Waals surface area contributed by atoms with Crippen LogP contribution in [-0.4, -0.2) is 20.4 Å². The smallest absolute Gasteiger partial charge is 0.261 e. The molecule has 0 unspecified atom stereocenters. The van der Waals surface area contributed by atoms with Gasteiger partial charge in [-0.2, -0.15) is 0 Å². The Kier molecular flexibility index (Phi) is 4.16. The quantitative estimate of drug-likeness (QED) is 0.869. The van der Waals surface area contributed by atoms with Crippen molar-refractivity contribution in [3.63, 3.8) is 0 Å². The Balaban J connectivity index is 2.29. The number of hydrogen-bond donors (Lipinski definition) is 1. The number of rotatable bonds is 4. The van der Waals surface area contributed by atoms with Crippen molar-refractivity contribution >= 4 is 25.6 Å². The van der Waals surface area contributed by atoms with Crippen LogP contribution in [0.5, 0.6) is 0 Å². The first-order valence-electron chi connectivity index (χ1n) is 6.30. The minimum atomic E-state index is -3.83. The maximum atomic E-state index is 12.0. The first-order valence-corrected chi connectivity index (χ1v) is 8.61. The lowest BCUT2D eigenvalue weighted by Gasteiger charge is -2.26. The Morgan fingerprint density at radius 1 is 1.42 bits per heavy atom. The van der Waals surface area contributed by atoms with Gasteiger partial charge in [-0.05, 0) is 43.4 Å². The molecule has 1 saturated carbocycles. The molecular formula is C13H16ClNO3S. The van der Waals surface area contributed by atoms with E-state index in [4.69, 9.17) is 10.7 Å². The summed E-state index contributed by atoms with van der Waals surface area (Å²) in [5, 5.41) is 2.87. The van der Waals surface area contributed by atoms with Crippen LogP contribution in [0.25, 0.3) is 0 Å². The SMILES string of the molecule is CCc1ccc(C(=O)NC2CCC2)cc1S(=O)(=O)Cl. The number of aryl methyl sites for hydroxylation is 1. The number of hydrogen-bond acceptors (Lipinski definition) is 3. The number of nitrogens with one attached hydrogen (secondary N) is 1. The molecule has 19 heavy (non-hydrogen) atoms. The van der Waals surface area contributed by atoms with Crippen LogP contribution in [0.1, 0.15) is 42.1 Å². The Morgan fingerprint density at radius 3 is 2.58 bits per heavy atom. The molecule has 0 aliphatic heterocycles. The molecule has 1 aliphatic rings. The number of amides is 1. The van der Waals surface area contributed by atoms with Crippen LogP contribution in [0.15, 0.2) is 23.1 Å². The fraction of sp³-hybridized carbons (Fsp3) is 0.462. The van der Waals surface area contributed by atoms with Crippen LogP contribution in [0.2, 0.25) is 0 Å². The van der Waals surface area contributed by atoms with Gasteiger partial charge in [-0.1, -0.05) is 13.0 Å². The average molecular weight is 302 g/mol. The van der Waals surface area contributed by atoms with Crippen LogP contribution in [0.4, 0.5) is 0 Å². The topological polar surface area (TPSA) is 63.2 Å². The number of benzene rings is 1. The van der Waals surface area contributed by atoms with Crippen LogP contribution < -0.4 is 5.32 Å². The van der Waals surface area contributed by atoms with Crippen molar-refractivity contribution in [3.8, 4) is 0 Å². The Hall–Kier alpha value is -1.07. The molecule has 0 bridgehead atoms. The fourth-order valence-electron chi connectivity index (χ4n) is 2.04. The van der Waals surface area contributed by atoms with Crippen LogP contribution in [0.3, 0.4) is 0 Å². The largest absolute Gasteiger partial charge is 0.349 e. The molecule has 0 spiro atoms. The van der Waals surface area contributed by atoms with E-state index in [9.17, 15) is 13.2 Å². The molecule has 1 aromatic carbocycles. The van der Waals surface area contributed by atoms with Gasteiger partial charge < -0.3 is 5.32 Å². The Labute approximate surface area is 117 Å². The van der Waals surface area contributed by atoms with Crippen LogP contribution >= 0.6 is 10.7 Å². The summed E-state index contributed by atoms with van der Waals surface area (Å²) in [6.07, 6.45) is 3.64. The standard InChI is InChI=1S/C13H16ClNO3S/c1-2-9-6-7-10(8-12(9)19(14,17)18)13(16)15-11-4-3-5-11/h6-8,11H,2-5H2,1H3,(H,15,16). The Bertz CT molecular complexity index is 594. The van der Waals surface area contributed by atoms with Gasteiger partial charge in [0.1, 0.15) is 0 Å². The number of halogens is 1. The predicted molar refractivity (Wildman–Crippen MR) is 74.0 cm³/mol. The van der Waals surface area contributed by atoms with E-state index in [-0.39, 0.29) is 16.8 Å². The van der Waals surface area contributed by atoms with Crippen LogP contribution in [-0.2, 0) is 15.5 Å². The van der Waals surface area contributed by atoms with Crippen molar-refractivity contribution in [1.29, 1.82) is 0 Å². The van der Waals surface area contributed by atoms with E-state index in [0.29, 0.717) is 17.5 Å². The minimum Gasteiger partial charge on any atom is -0.349 e. The zero-order valence-electron chi connectivity index (χ0n) is 10.6. The van der Waals surface area contributed by atoms with Gasteiger partial charge in [0, 0.05) is 22.3 Å². The molecule has 104 valence electrons. The summed E-state index contributed by atoms with van der Waals surface area (Å²) in [6.45, 7) is 1.84. The Morgan fingerprint density at radius 2 is 2.11 bits per heavy atom. The third-order valence-corrected chi connectivity index (χ3v) is 4.82. The van der Waals surface area contributed by atoms with Gasteiger partial charge in [0.25, 0.3) is 15.0 Å². The van der Waals surface area contributed by atoms with Gasteiger partial charge >= 0.3 is 0 Å². The highest BCUT2D eigenvalue weighted by atomic mass is 35.7. The van der Waals surface area contributed by atoms with Gasteiger partial charge in [0.05, 0.1) is 4.90 Å². The molecular weight excluding hydrogens is 286 g/mol. The second kappa shape index (κ2) is 5.51. The summed E-state index contributed by atoms with van der Waals surface area (Å²) in [4.78, 5) is 12.0. The molecule has 1 aromatic rings. The van der Waals surface area contributed by atoms with E-state index in [2.05, 4.69) is 5.32 Å². The first-order chi connectivity index (χ1) is 8.91. The van der Waals surface area contributed by atoms with Crippen molar-refractivity contribution in [2.75, 3.05) is 0 Å². The van der Waals surface area contributed by atoms with E-state index < -0.39 is 9.05 Å². The summed E-state index contributed by atoms with van der Waals surface area (Å²) in [7, 11) is 1.57. The van der Waals surface area contributed by atoms with Gasteiger partial charge in [0.2, 0.25) is 0 Å². The molecule has 1 fully saturated rings. The highest BCUT2D eigenvalue weighted by molar-refractivity contribution is 8.13. The molecule has 0 heterocycles. The number of carbonyl (C=O) groups excluding carboxylic acids is 1. The lowest BCUT2D eigenvalue weighted by Crippen LogP contribution is -2.39. The van der Waals surface area contributed by atoms with Crippen molar-refractivity contribution in [2.45, 2.75) is 43.5 Å². The highest BCUT2D eigenvalue weighted by Gasteiger charge is 2.22. The third kappa shape index (κ3) is 3.28. The van der Waals surface area contributed by atoms with Crippen molar-refractivity contribution < 1.29 is 13.2 Å². The molecule has 6 heteroatoms. The summed E-state index contributed by atoms with van der Waals surface area (Å²) in [5.74, 6) is -0.242. The van der Waals surface area contributed by atoms with E-state index in [0.717, 1.165) is 19.3 Å². The van der Waals surface area contributed by atoms with E-state index >= 15 is 0 Å². The van der Waals surface area contributed by atoms with E-state index in [1.54, 1.807) is 12.1 Å².